The third-order valence-corrected chi connectivity index (χ3v) is 3.61. The summed E-state index contributed by atoms with van der Waals surface area (Å²) in [5.74, 6) is 0.129. The molecule has 0 unspecified atom stereocenters. The van der Waals surface area contributed by atoms with Crippen LogP contribution in [0, 0.1) is 0 Å². The number of alkyl halides is 2. The summed E-state index contributed by atoms with van der Waals surface area (Å²) in [6, 6.07) is 6.25. The van der Waals surface area contributed by atoms with Crippen LogP contribution in [0.2, 0.25) is 0 Å². The number of halogens is 2. The topological polar surface area (TPSA) is 20.2 Å². The number of phenolic OH excluding ortho intramolecular Hbond substituents is 1. The molecule has 0 heterocycles. The van der Waals surface area contributed by atoms with Crippen LogP contribution in [0.4, 0.5) is 8.78 Å². The summed E-state index contributed by atoms with van der Waals surface area (Å²) in [6.45, 7) is 0. The molecule has 1 aromatic carbocycles. The van der Waals surface area contributed by atoms with Gasteiger partial charge in [0, 0.05) is 0 Å². The molecule has 0 amide bonds. The van der Waals surface area contributed by atoms with Crippen molar-refractivity contribution in [3.8, 4) is 5.75 Å². The molecule has 1 fully saturated rings. The molecule has 0 radical (unpaired) electrons. The minimum absolute atomic E-state index is 0.129. The quantitative estimate of drug-likeness (QED) is 0.811. The van der Waals surface area contributed by atoms with Gasteiger partial charge in [-0.1, -0.05) is 31.4 Å². The summed E-state index contributed by atoms with van der Waals surface area (Å²) in [5, 5.41) is 9.19. The Labute approximate surface area is 94.1 Å². The zero-order chi connectivity index (χ0) is 11.6. The maximum Gasteiger partial charge on any atom is 0.248 e. The van der Waals surface area contributed by atoms with E-state index in [4.69, 9.17) is 0 Å². The van der Waals surface area contributed by atoms with Crippen molar-refractivity contribution >= 4 is 0 Å². The largest absolute Gasteiger partial charge is 0.508 e. The second kappa shape index (κ2) is 4.40. The van der Waals surface area contributed by atoms with Crippen molar-refractivity contribution in [3.05, 3.63) is 29.8 Å². The number of aromatic hydroxyl groups is 1. The molecular weight excluding hydrogens is 210 g/mol. The first-order chi connectivity index (χ1) is 7.65. The predicted octanol–water partition coefficient (Wildman–Crippen LogP) is 3.86. The Kier molecular flexibility index (Phi) is 3.13. The molecule has 1 nitrogen and oxygen atoms in total. The van der Waals surface area contributed by atoms with E-state index in [9.17, 15) is 13.9 Å². The van der Waals surface area contributed by atoms with Crippen molar-refractivity contribution in [2.75, 3.05) is 0 Å². The lowest BCUT2D eigenvalue weighted by Crippen LogP contribution is -2.36. The van der Waals surface area contributed by atoms with Crippen molar-refractivity contribution in [2.24, 2.45) is 0 Å². The highest BCUT2D eigenvalue weighted by Gasteiger charge is 2.42. The minimum atomic E-state index is -2.32. The van der Waals surface area contributed by atoms with Gasteiger partial charge in [-0.3, -0.25) is 0 Å². The van der Waals surface area contributed by atoms with Gasteiger partial charge in [0.2, 0.25) is 6.43 Å². The average Bonchev–Trinajstić information content (AvgIpc) is 2.30. The first-order valence-electron chi connectivity index (χ1n) is 5.73. The number of benzene rings is 1. The number of hydrogen-bond donors (Lipinski definition) is 1. The van der Waals surface area contributed by atoms with Gasteiger partial charge in [0.1, 0.15) is 5.75 Å². The summed E-state index contributed by atoms with van der Waals surface area (Å²) < 4.78 is 26.6. The van der Waals surface area contributed by atoms with E-state index in [0.717, 1.165) is 19.3 Å². The summed E-state index contributed by atoms with van der Waals surface area (Å²) in [4.78, 5) is 0. The third-order valence-electron chi connectivity index (χ3n) is 3.61. The summed E-state index contributed by atoms with van der Waals surface area (Å²) in [5.41, 5.74) is -0.314. The summed E-state index contributed by atoms with van der Waals surface area (Å²) in [6.07, 6.45) is 1.56. The Hall–Kier alpha value is -1.12. The van der Waals surface area contributed by atoms with Gasteiger partial charge < -0.3 is 5.11 Å². The van der Waals surface area contributed by atoms with Crippen LogP contribution in [-0.4, -0.2) is 11.5 Å². The van der Waals surface area contributed by atoms with Gasteiger partial charge >= 0.3 is 0 Å². The number of hydrogen-bond acceptors (Lipinski definition) is 1. The lowest BCUT2D eigenvalue weighted by atomic mass is 9.69. The maximum atomic E-state index is 13.3. The van der Waals surface area contributed by atoms with E-state index in [-0.39, 0.29) is 5.75 Å². The molecule has 1 aromatic rings. The monoisotopic (exact) mass is 226 g/mol. The van der Waals surface area contributed by atoms with Crippen LogP contribution in [0.1, 0.15) is 37.7 Å². The van der Waals surface area contributed by atoms with E-state index < -0.39 is 11.8 Å². The molecule has 2 rings (SSSR count). The first-order valence-corrected chi connectivity index (χ1v) is 5.73. The predicted molar refractivity (Wildman–Crippen MR) is 58.9 cm³/mol. The van der Waals surface area contributed by atoms with Gasteiger partial charge in [0.25, 0.3) is 0 Å². The average molecular weight is 226 g/mol. The molecular formula is C13H16F2O. The van der Waals surface area contributed by atoms with Crippen LogP contribution in [0.5, 0.6) is 5.75 Å². The highest BCUT2D eigenvalue weighted by molar-refractivity contribution is 5.32. The van der Waals surface area contributed by atoms with Crippen LogP contribution in [0.15, 0.2) is 24.3 Å². The minimum Gasteiger partial charge on any atom is -0.508 e. The van der Waals surface area contributed by atoms with Crippen LogP contribution < -0.4 is 0 Å². The van der Waals surface area contributed by atoms with Crippen LogP contribution in [0.25, 0.3) is 0 Å². The van der Waals surface area contributed by atoms with Crippen LogP contribution in [-0.2, 0) is 5.41 Å². The molecule has 0 aromatic heterocycles. The molecule has 16 heavy (non-hydrogen) atoms. The standard InChI is InChI=1S/C13H16F2O/c14-12(15)13(8-2-1-3-9-13)10-4-6-11(16)7-5-10/h4-7,12,16H,1-3,8-9H2. The molecule has 1 saturated carbocycles. The van der Waals surface area contributed by atoms with Gasteiger partial charge in [0.05, 0.1) is 5.41 Å². The molecule has 0 bridgehead atoms. The van der Waals surface area contributed by atoms with Crippen molar-refractivity contribution in [3.63, 3.8) is 0 Å². The zero-order valence-electron chi connectivity index (χ0n) is 9.13. The smallest absolute Gasteiger partial charge is 0.248 e. The molecule has 0 atom stereocenters. The molecule has 1 N–H and O–H groups in total. The van der Waals surface area contributed by atoms with Crippen molar-refractivity contribution < 1.29 is 13.9 Å². The SMILES string of the molecule is Oc1ccc(C2(C(F)F)CCCCC2)cc1. The fourth-order valence-electron chi connectivity index (χ4n) is 2.61. The Balaban J connectivity index is 2.34. The second-order valence-corrected chi connectivity index (χ2v) is 4.56. The molecule has 88 valence electrons. The van der Waals surface area contributed by atoms with Crippen LogP contribution >= 0.6 is 0 Å². The van der Waals surface area contributed by atoms with E-state index in [1.165, 1.54) is 12.1 Å². The van der Waals surface area contributed by atoms with Crippen molar-refractivity contribution in [2.45, 2.75) is 43.9 Å². The van der Waals surface area contributed by atoms with E-state index in [1.807, 2.05) is 0 Å². The van der Waals surface area contributed by atoms with E-state index in [0.29, 0.717) is 18.4 Å². The zero-order valence-corrected chi connectivity index (χ0v) is 9.13. The molecule has 3 heteroatoms. The molecule has 0 aliphatic heterocycles. The Bertz CT molecular complexity index is 339. The molecule has 1 aliphatic rings. The summed E-state index contributed by atoms with van der Waals surface area (Å²) in [7, 11) is 0. The van der Waals surface area contributed by atoms with Crippen molar-refractivity contribution in [1.29, 1.82) is 0 Å². The third kappa shape index (κ3) is 1.91. The van der Waals surface area contributed by atoms with Gasteiger partial charge in [-0.15, -0.1) is 0 Å². The second-order valence-electron chi connectivity index (χ2n) is 4.56. The Morgan fingerprint density at radius 2 is 1.56 bits per heavy atom. The fraction of sp³-hybridized carbons (Fsp3) is 0.538. The van der Waals surface area contributed by atoms with E-state index in [2.05, 4.69) is 0 Å². The fourth-order valence-corrected chi connectivity index (χ4v) is 2.61. The molecule has 1 aliphatic carbocycles. The maximum absolute atomic E-state index is 13.3. The normalized spacial score (nSPS) is 19.9. The van der Waals surface area contributed by atoms with Gasteiger partial charge in [-0.05, 0) is 30.5 Å². The van der Waals surface area contributed by atoms with E-state index in [1.54, 1.807) is 12.1 Å². The highest BCUT2D eigenvalue weighted by Crippen LogP contribution is 2.44. The number of phenols is 1. The van der Waals surface area contributed by atoms with Gasteiger partial charge in [-0.2, -0.15) is 0 Å². The molecule has 0 saturated heterocycles. The lowest BCUT2D eigenvalue weighted by molar-refractivity contribution is 0.0254. The highest BCUT2D eigenvalue weighted by atomic mass is 19.3. The Morgan fingerprint density at radius 3 is 2.06 bits per heavy atom. The molecule has 0 spiro atoms. The van der Waals surface area contributed by atoms with Crippen LogP contribution in [0.3, 0.4) is 0 Å². The Morgan fingerprint density at radius 1 is 1.00 bits per heavy atom. The first kappa shape index (κ1) is 11.4. The number of rotatable bonds is 2. The van der Waals surface area contributed by atoms with Crippen molar-refractivity contribution in [1.82, 2.24) is 0 Å². The van der Waals surface area contributed by atoms with E-state index >= 15 is 0 Å². The lowest BCUT2D eigenvalue weighted by Gasteiger charge is -2.37. The van der Waals surface area contributed by atoms with Gasteiger partial charge in [0.15, 0.2) is 0 Å². The summed E-state index contributed by atoms with van der Waals surface area (Å²) >= 11 is 0. The van der Waals surface area contributed by atoms with Gasteiger partial charge in [-0.25, -0.2) is 8.78 Å².